The van der Waals surface area contributed by atoms with E-state index < -0.39 is 0 Å². The number of hydrogen-bond donors (Lipinski definition) is 1. The zero-order chi connectivity index (χ0) is 9.61. The third-order valence-corrected chi connectivity index (χ3v) is 1.67. The van der Waals surface area contributed by atoms with Gasteiger partial charge in [0.25, 0.3) is 0 Å². The Bertz CT molecular complexity index is 214. The van der Waals surface area contributed by atoms with Crippen molar-refractivity contribution in [3.63, 3.8) is 0 Å². The van der Waals surface area contributed by atoms with Crippen LogP contribution in [0.25, 0.3) is 0 Å². The van der Waals surface area contributed by atoms with Crippen LogP contribution in [0.5, 0.6) is 0 Å². The molecule has 0 aliphatic rings. The molecule has 0 aromatic rings. The van der Waals surface area contributed by atoms with Gasteiger partial charge >= 0.3 is 0 Å². The molecule has 0 saturated heterocycles. The highest BCUT2D eigenvalue weighted by Gasteiger charge is 2.14. The van der Waals surface area contributed by atoms with Gasteiger partial charge in [-0.15, -0.1) is 0 Å². The molecule has 0 aliphatic carbocycles. The van der Waals surface area contributed by atoms with Gasteiger partial charge in [0.15, 0.2) is 0 Å². The molecule has 0 amide bonds. The Morgan fingerprint density at radius 3 is 2.17 bits per heavy atom. The molecule has 0 nitrogen and oxygen atoms in total. The monoisotopic (exact) mass is 180 g/mol. The molecule has 12 heavy (non-hydrogen) atoms. The van der Waals surface area contributed by atoms with Crippen molar-refractivity contribution < 1.29 is 0 Å². The molecule has 66 valence electrons. The first kappa shape index (κ1) is 11.3. The molecule has 0 bridgehead atoms. The molecule has 0 aliphatic heterocycles. The molecule has 0 rings (SSSR count). The van der Waals surface area contributed by atoms with E-state index in [1.54, 1.807) is 12.2 Å². The Kier molecular flexibility index (Phi) is 4.75. The van der Waals surface area contributed by atoms with Gasteiger partial charge in [-0.2, -0.15) is 12.6 Å². The average Bonchev–Trinajstić information content (AvgIpc) is 1.95. The molecule has 0 saturated carbocycles. The van der Waals surface area contributed by atoms with Crippen LogP contribution in [0.15, 0.2) is 49.1 Å². The highest BCUT2D eigenvalue weighted by molar-refractivity contribution is 7.82. The van der Waals surface area contributed by atoms with Crippen LogP contribution in [0.3, 0.4) is 0 Å². The second kappa shape index (κ2) is 5.04. The Morgan fingerprint density at radius 1 is 1.25 bits per heavy atom. The van der Waals surface area contributed by atoms with E-state index in [0.717, 1.165) is 5.57 Å². The molecule has 0 N–H and O–H groups in total. The van der Waals surface area contributed by atoms with Crippen LogP contribution in [-0.2, 0) is 0 Å². The molecule has 0 fully saturated rings. The smallest absolute Gasteiger partial charge is 0.0322 e. The van der Waals surface area contributed by atoms with E-state index in [2.05, 4.69) is 25.8 Å². The molecule has 0 radical (unpaired) electrons. The van der Waals surface area contributed by atoms with Crippen molar-refractivity contribution >= 4 is 12.6 Å². The molecule has 0 aromatic carbocycles. The van der Waals surface area contributed by atoms with Crippen molar-refractivity contribution in [1.29, 1.82) is 0 Å². The minimum absolute atomic E-state index is 0.131. The minimum Gasteiger partial charge on any atom is -0.168 e. The summed E-state index contributed by atoms with van der Waals surface area (Å²) in [5.41, 5.74) is 1.13. The standard InChI is InChI=1S/C11H16S/c1-5-7-9-10(8-6-2)11(3,4)12/h5-9,12H,1-2H2,3-4H3/b9-7-,10-8+. The predicted octanol–water partition coefficient (Wildman–Crippen LogP) is 3.55. The van der Waals surface area contributed by atoms with Crippen molar-refractivity contribution in [3.05, 3.63) is 49.1 Å². The Labute approximate surface area is 80.8 Å². The molecule has 0 unspecified atom stereocenters. The summed E-state index contributed by atoms with van der Waals surface area (Å²) in [5, 5.41) is 0. The maximum absolute atomic E-state index is 4.45. The van der Waals surface area contributed by atoms with Gasteiger partial charge in [0.2, 0.25) is 0 Å². The van der Waals surface area contributed by atoms with Gasteiger partial charge in [0, 0.05) is 4.75 Å². The molecular weight excluding hydrogens is 164 g/mol. The fraction of sp³-hybridized carbons (Fsp3) is 0.273. The van der Waals surface area contributed by atoms with Crippen LogP contribution >= 0.6 is 12.6 Å². The summed E-state index contributed by atoms with van der Waals surface area (Å²) < 4.78 is -0.131. The Hall–Kier alpha value is -0.690. The van der Waals surface area contributed by atoms with Gasteiger partial charge in [-0.3, -0.25) is 0 Å². The van der Waals surface area contributed by atoms with Crippen LogP contribution in [0.2, 0.25) is 0 Å². The van der Waals surface area contributed by atoms with Crippen LogP contribution in [-0.4, -0.2) is 4.75 Å². The van der Waals surface area contributed by atoms with Crippen molar-refractivity contribution in [3.8, 4) is 0 Å². The van der Waals surface area contributed by atoms with Crippen LogP contribution in [0, 0.1) is 0 Å². The van der Waals surface area contributed by atoms with Gasteiger partial charge < -0.3 is 0 Å². The quantitative estimate of drug-likeness (QED) is 0.496. The minimum atomic E-state index is -0.131. The highest BCUT2D eigenvalue weighted by atomic mass is 32.1. The van der Waals surface area contributed by atoms with E-state index in [-0.39, 0.29) is 4.75 Å². The van der Waals surface area contributed by atoms with E-state index in [1.165, 1.54) is 0 Å². The highest BCUT2D eigenvalue weighted by Crippen LogP contribution is 2.24. The molecular formula is C11H16S. The largest absolute Gasteiger partial charge is 0.168 e. The molecule has 0 aromatic heterocycles. The third kappa shape index (κ3) is 4.24. The average molecular weight is 180 g/mol. The van der Waals surface area contributed by atoms with Gasteiger partial charge in [0.05, 0.1) is 0 Å². The normalized spacial score (nSPS) is 13.4. The lowest BCUT2D eigenvalue weighted by Crippen LogP contribution is -2.12. The topological polar surface area (TPSA) is 0 Å². The predicted molar refractivity (Wildman–Crippen MR) is 60.7 cm³/mol. The van der Waals surface area contributed by atoms with Crippen LogP contribution in [0.1, 0.15) is 13.8 Å². The zero-order valence-corrected chi connectivity index (χ0v) is 8.64. The Balaban J connectivity index is 4.68. The van der Waals surface area contributed by atoms with E-state index >= 15 is 0 Å². The summed E-state index contributed by atoms with van der Waals surface area (Å²) in [6, 6.07) is 0. The number of rotatable bonds is 4. The van der Waals surface area contributed by atoms with Crippen molar-refractivity contribution in [1.82, 2.24) is 0 Å². The summed E-state index contributed by atoms with van der Waals surface area (Å²) in [7, 11) is 0. The maximum Gasteiger partial charge on any atom is 0.0322 e. The van der Waals surface area contributed by atoms with E-state index in [4.69, 9.17) is 0 Å². The van der Waals surface area contributed by atoms with Crippen LogP contribution in [0.4, 0.5) is 0 Å². The van der Waals surface area contributed by atoms with E-state index in [1.807, 2.05) is 32.1 Å². The molecule has 0 heterocycles. The lowest BCUT2D eigenvalue weighted by Gasteiger charge is -2.18. The van der Waals surface area contributed by atoms with Gasteiger partial charge in [0.1, 0.15) is 0 Å². The van der Waals surface area contributed by atoms with Crippen LogP contribution < -0.4 is 0 Å². The van der Waals surface area contributed by atoms with Gasteiger partial charge in [-0.05, 0) is 19.4 Å². The van der Waals surface area contributed by atoms with Crippen molar-refractivity contribution in [2.45, 2.75) is 18.6 Å². The fourth-order valence-electron chi connectivity index (χ4n) is 0.762. The molecule has 0 spiro atoms. The van der Waals surface area contributed by atoms with E-state index in [9.17, 15) is 0 Å². The summed E-state index contributed by atoms with van der Waals surface area (Å²) in [5.74, 6) is 0. The summed E-state index contributed by atoms with van der Waals surface area (Å²) in [6.45, 7) is 11.3. The summed E-state index contributed by atoms with van der Waals surface area (Å²) in [4.78, 5) is 0. The van der Waals surface area contributed by atoms with E-state index in [0.29, 0.717) is 0 Å². The fourth-order valence-corrected chi connectivity index (χ4v) is 0.911. The lowest BCUT2D eigenvalue weighted by atomic mass is 10.0. The first-order valence-corrected chi connectivity index (χ1v) is 4.31. The maximum atomic E-state index is 4.45. The second-order valence-electron chi connectivity index (χ2n) is 3.01. The molecule has 1 heteroatoms. The lowest BCUT2D eigenvalue weighted by molar-refractivity contribution is 0.866. The van der Waals surface area contributed by atoms with Crippen molar-refractivity contribution in [2.75, 3.05) is 0 Å². The van der Waals surface area contributed by atoms with Gasteiger partial charge in [-0.1, -0.05) is 43.5 Å². The van der Waals surface area contributed by atoms with Crippen molar-refractivity contribution in [2.24, 2.45) is 0 Å². The first-order chi connectivity index (χ1) is 5.52. The van der Waals surface area contributed by atoms with Gasteiger partial charge in [-0.25, -0.2) is 0 Å². The number of hydrogen-bond acceptors (Lipinski definition) is 1. The first-order valence-electron chi connectivity index (χ1n) is 3.87. The summed E-state index contributed by atoms with van der Waals surface area (Å²) in [6.07, 6.45) is 9.35. The zero-order valence-electron chi connectivity index (χ0n) is 7.75. The second-order valence-corrected chi connectivity index (χ2v) is 4.13. The summed E-state index contributed by atoms with van der Waals surface area (Å²) >= 11 is 4.45. The SMILES string of the molecule is C=C/C=C\C(=C/C=C)C(C)(C)S. The molecule has 0 atom stereocenters. The third-order valence-electron chi connectivity index (χ3n) is 1.42. The number of allylic oxidation sites excluding steroid dienone is 5. The Morgan fingerprint density at radius 2 is 1.83 bits per heavy atom. The number of thiol groups is 1.